The SMILES string of the molecule is CC1=C(C)C([Si](c2c(N(C)C)cc(C)c(N(C)C)c2N(C)C)(c2c(N(C)C)cc(C)c(N(C)C)c2N(C)C)c2c(N(C)C)cc(C)c(N(C)C)c2N(C)C)C(C)=C1C. The third kappa shape index (κ3) is 7.17. The Labute approximate surface area is 355 Å². The first-order valence-corrected chi connectivity index (χ1v) is 22.7. The highest BCUT2D eigenvalue weighted by Gasteiger charge is 2.59. The van der Waals surface area contributed by atoms with Crippen molar-refractivity contribution in [1.29, 1.82) is 0 Å². The van der Waals surface area contributed by atoms with Gasteiger partial charge in [0.25, 0.3) is 0 Å². The van der Waals surface area contributed by atoms with Crippen molar-refractivity contribution in [1.82, 2.24) is 0 Å². The average Bonchev–Trinajstić information content (AvgIpc) is 3.29. The molecule has 4 rings (SSSR count). The van der Waals surface area contributed by atoms with Crippen molar-refractivity contribution in [3.8, 4) is 0 Å². The van der Waals surface area contributed by atoms with Crippen molar-refractivity contribution in [3.05, 3.63) is 57.2 Å². The maximum absolute atomic E-state index is 3.59. The fourth-order valence-electron chi connectivity index (χ4n) is 10.3. The van der Waals surface area contributed by atoms with E-state index in [1.165, 1.54) is 106 Å². The van der Waals surface area contributed by atoms with Crippen LogP contribution in [0.15, 0.2) is 40.5 Å². The minimum atomic E-state index is -3.59. The Morgan fingerprint density at radius 3 is 0.690 bits per heavy atom. The van der Waals surface area contributed by atoms with Gasteiger partial charge in [0.15, 0.2) is 8.07 Å². The Balaban J connectivity index is 2.89. The molecule has 0 aliphatic heterocycles. The number of allylic oxidation sites excluding steroid dienone is 4. The van der Waals surface area contributed by atoms with Crippen LogP contribution in [-0.4, -0.2) is 135 Å². The monoisotopic (exact) mass is 810 g/mol. The predicted molar refractivity (Wildman–Crippen MR) is 268 cm³/mol. The number of hydrogen-bond donors (Lipinski definition) is 0. The van der Waals surface area contributed by atoms with Gasteiger partial charge in [0.1, 0.15) is 0 Å². The molecule has 0 atom stereocenters. The van der Waals surface area contributed by atoms with Crippen LogP contribution in [0.5, 0.6) is 0 Å². The molecule has 0 fully saturated rings. The molecule has 10 heteroatoms. The third-order valence-electron chi connectivity index (χ3n) is 12.7. The second kappa shape index (κ2) is 16.7. The van der Waals surface area contributed by atoms with Gasteiger partial charge in [-0.3, -0.25) is 0 Å². The number of aryl methyl sites for hydroxylation is 3. The number of nitrogens with zero attached hydrogens (tertiary/aromatic N) is 9. The molecule has 1 aliphatic carbocycles. The van der Waals surface area contributed by atoms with Crippen LogP contribution in [0, 0.1) is 20.8 Å². The molecule has 0 bridgehead atoms. The van der Waals surface area contributed by atoms with Crippen LogP contribution in [0.1, 0.15) is 44.4 Å². The van der Waals surface area contributed by atoms with Crippen molar-refractivity contribution in [3.63, 3.8) is 0 Å². The molecule has 0 amide bonds. The van der Waals surface area contributed by atoms with E-state index in [4.69, 9.17) is 0 Å². The zero-order valence-electron chi connectivity index (χ0n) is 41.3. The fraction of sp³-hybridized carbons (Fsp3) is 0.542. The summed E-state index contributed by atoms with van der Waals surface area (Å²) >= 11 is 0. The Bertz CT molecular complexity index is 1900. The van der Waals surface area contributed by atoms with E-state index >= 15 is 0 Å². The quantitative estimate of drug-likeness (QED) is 0.138. The van der Waals surface area contributed by atoms with Crippen LogP contribution in [-0.2, 0) is 0 Å². The summed E-state index contributed by atoms with van der Waals surface area (Å²) in [6, 6.07) is 7.47. The molecule has 0 radical (unpaired) electrons. The average molecular weight is 810 g/mol. The zero-order valence-corrected chi connectivity index (χ0v) is 42.3. The van der Waals surface area contributed by atoms with E-state index in [1.807, 2.05) is 0 Å². The summed E-state index contributed by atoms with van der Waals surface area (Å²) in [6.45, 7) is 16.5. The van der Waals surface area contributed by atoms with E-state index in [0.717, 1.165) is 0 Å². The molecule has 9 nitrogen and oxygen atoms in total. The first-order chi connectivity index (χ1) is 26.7. The largest absolute Gasteiger partial charge is 0.378 e. The van der Waals surface area contributed by atoms with Gasteiger partial charge in [-0.1, -0.05) is 11.1 Å². The maximum Gasteiger partial charge on any atom is 0.175 e. The summed E-state index contributed by atoms with van der Waals surface area (Å²) in [5.74, 6) is 0. The van der Waals surface area contributed by atoms with Crippen molar-refractivity contribution in [2.45, 2.75) is 54.0 Å². The van der Waals surface area contributed by atoms with Gasteiger partial charge in [-0.05, 0) is 110 Å². The molecule has 0 unspecified atom stereocenters. The van der Waals surface area contributed by atoms with Gasteiger partial charge in [-0.25, -0.2) is 0 Å². The number of anilines is 9. The van der Waals surface area contributed by atoms with E-state index in [2.05, 4.69) is 238 Å². The first-order valence-electron chi connectivity index (χ1n) is 20.7. The Morgan fingerprint density at radius 1 is 0.310 bits per heavy atom. The Morgan fingerprint density at radius 2 is 0.517 bits per heavy atom. The molecule has 0 saturated carbocycles. The highest BCUT2D eigenvalue weighted by molar-refractivity contribution is 7.17. The smallest absolute Gasteiger partial charge is 0.175 e. The number of rotatable bonds is 13. The summed E-state index contributed by atoms with van der Waals surface area (Å²) in [5.41, 5.74) is 21.0. The molecule has 0 heterocycles. The molecular formula is C48H79N9Si. The van der Waals surface area contributed by atoms with E-state index in [9.17, 15) is 0 Å². The lowest BCUT2D eigenvalue weighted by Gasteiger charge is -2.50. The maximum atomic E-state index is 2.49. The first kappa shape index (κ1) is 46.2. The lowest BCUT2D eigenvalue weighted by Crippen LogP contribution is -2.73. The van der Waals surface area contributed by atoms with Gasteiger partial charge in [0, 0.05) is 149 Å². The van der Waals surface area contributed by atoms with Crippen LogP contribution in [0.2, 0.25) is 5.54 Å². The van der Waals surface area contributed by atoms with Gasteiger partial charge >= 0.3 is 0 Å². The van der Waals surface area contributed by atoms with Gasteiger partial charge in [-0.2, -0.15) is 0 Å². The topological polar surface area (TPSA) is 29.2 Å². The molecule has 320 valence electrons. The van der Waals surface area contributed by atoms with E-state index in [0.29, 0.717) is 0 Å². The molecule has 0 N–H and O–H groups in total. The predicted octanol–water partition coefficient (Wildman–Crippen LogP) is 6.73. The van der Waals surface area contributed by atoms with Gasteiger partial charge < -0.3 is 44.1 Å². The van der Waals surface area contributed by atoms with E-state index in [-0.39, 0.29) is 5.54 Å². The van der Waals surface area contributed by atoms with Crippen LogP contribution < -0.4 is 59.7 Å². The number of hydrogen-bond acceptors (Lipinski definition) is 9. The van der Waals surface area contributed by atoms with Crippen LogP contribution >= 0.6 is 0 Å². The van der Waals surface area contributed by atoms with Crippen LogP contribution in [0.25, 0.3) is 0 Å². The van der Waals surface area contributed by atoms with E-state index in [1.54, 1.807) is 0 Å². The Hall–Kier alpha value is -4.44. The molecular weight excluding hydrogens is 731 g/mol. The zero-order chi connectivity index (χ0) is 44.4. The Kier molecular flexibility index (Phi) is 13.3. The summed E-state index contributed by atoms with van der Waals surface area (Å²) in [7, 11) is 36.8. The van der Waals surface area contributed by atoms with Gasteiger partial charge in [-0.15, -0.1) is 0 Å². The molecule has 0 aromatic heterocycles. The number of benzene rings is 3. The van der Waals surface area contributed by atoms with Crippen molar-refractivity contribution < 1.29 is 0 Å². The second-order valence-electron chi connectivity index (χ2n) is 18.8. The molecule has 58 heavy (non-hydrogen) atoms. The molecule has 0 spiro atoms. The minimum absolute atomic E-state index is 0.0767. The van der Waals surface area contributed by atoms with Crippen molar-refractivity contribution in [2.75, 3.05) is 171 Å². The van der Waals surface area contributed by atoms with Crippen LogP contribution in [0.4, 0.5) is 51.2 Å². The standard InChI is InChI=1S/C48H79N9Si/c1-29-26-36(49(8)9)46(42(55(20)21)39(29)52(14)15)58(45-34(6)32(4)33(5)35(45)7,47-37(50(10)11)27-30(2)40(53(16)17)43(47)56(22)23)48-38(51(12)13)28-31(3)41(54(18)19)44(48)57(24)25/h26-28,45H,1-25H3. The summed E-state index contributed by atoms with van der Waals surface area (Å²) in [6.07, 6.45) is 0. The van der Waals surface area contributed by atoms with Crippen molar-refractivity contribution in [2.24, 2.45) is 0 Å². The molecule has 0 saturated heterocycles. The third-order valence-corrected chi connectivity index (χ3v) is 18.3. The highest BCUT2D eigenvalue weighted by Crippen LogP contribution is 2.54. The second-order valence-corrected chi connectivity index (χ2v) is 22.5. The van der Waals surface area contributed by atoms with Gasteiger partial charge in [0.05, 0.1) is 34.1 Å². The molecule has 3 aromatic rings. The summed E-state index contributed by atoms with van der Waals surface area (Å²) in [4.78, 5) is 21.5. The molecule has 3 aromatic carbocycles. The minimum Gasteiger partial charge on any atom is -0.378 e. The van der Waals surface area contributed by atoms with Gasteiger partial charge in [0.2, 0.25) is 0 Å². The fourth-order valence-corrected chi connectivity index (χ4v) is 17.9. The highest BCUT2D eigenvalue weighted by atomic mass is 28.3. The van der Waals surface area contributed by atoms with Crippen LogP contribution in [0.3, 0.4) is 0 Å². The van der Waals surface area contributed by atoms with Crippen molar-refractivity contribution >= 4 is 74.8 Å². The lowest BCUT2D eigenvalue weighted by molar-refractivity contribution is 1.03. The van der Waals surface area contributed by atoms with E-state index < -0.39 is 8.07 Å². The molecule has 1 aliphatic rings. The lowest BCUT2D eigenvalue weighted by atomic mass is 10.1. The summed E-state index contributed by atoms with van der Waals surface area (Å²) < 4.78 is 0. The normalized spacial score (nSPS) is 13.4. The summed E-state index contributed by atoms with van der Waals surface area (Å²) in [5, 5.41) is 4.30.